The summed E-state index contributed by atoms with van der Waals surface area (Å²) < 4.78 is 4.32. The summed E-state index contributed by atoms with van der Waals surface area (Å²) in [6.07, 6.45) is 1.64. The highest BCUT2D eigenvalue weighted by Crippen LogP contribution is 2.29. The molecule has 0 fully saturated rings. The molecule has 4 rings (SSSR count). The summed E-state index contributed by atoms with van der Waals surface area (Å²) in [4.78, 5) is 26.8. The molecule has 1 amide bonds. The second-order valence-electron chi connectivity index (χ2n) is 7.53. The fourth-order valence-corrected chi connectivity index (χ4v) is 4.73. The zero-order chi connectivity index (χ0) is 21.3. The maximum Gasteiger partial charge on any atom is 0.291 e. The van der Waals surface area contributed by atoms with E-state index >= 15 is 0 Å². The predicted octanol–water partition coefficient (Wildman–Crippen LogP) is 3.76. The molecule has 0 aliphatic rings. The Bertz CT molecular complexity index is 1250. The topological polar surface area (TPSA) is 68.4 Å². The second-order valence-corrected chi connectivity index (χ2v) is 8.70. The van der Waals surface area contributed by atoms with Crippen LogP contribution in [0.1, 0.15) is 43.0 Å². The average Bonchev–Trinajstić information content (AvgIpc) is 3.33. The minimum Gasteiger partial charge on any atom is -0.354 e. The van der Waals surface area contributed by atoms with E-state index in [2.05, 4.69) is 30.3 Å². The molecule has 3 aromatic heterocycles. The SMILES string of the molecule is CCc1cc2c(cc3c(=O)n(CC(=O)NCC(C)c4ccccc4)nc(CC)n32)s1. The van der Waals surface area contributed by atoms with Crippen molar-refractivity contribution in [2.45, 2.75) is 46.1 Å². The molecule has 1 unspecified atom stereocenters. The van der Waals surface area contributed by atoms with Crippen molar-refractivity contribution < 1.29 is 4.79 Å². The maximum atomic E-state index is 13.0. The molecule has 0 bridgehead atoms. The van der Waals surface area contributed by atoms with Gasteiger partial charge >= 0.3 is 0 Å². The molecule has 1 N–H and O–H groups in total. The zero-order valence-corrected chi connectivity index (χ0v) is 18.3. The van der Waals surface area contributed by atoms with Crippen LogP contribution in [0.15, 0.2) is 47.3 Å². The van der Waals surface area contributed by atoms with E-state index in [4.69, 9.17) is 0 Å². The number of carbonyl (C=O) groups excluding carboxylic acids is 1. The van der Waals surface area contributed by atoms with Crippen LogP contribution in [0.4, 0.5) is 0 Å². The number of rotatable bonds is 7. The largest absolute Gasteiger partial charge is 0.354 e. The number of thiophene rings is 1. The highest BCUT2D eigenvalue weighted by atomic mass is 32.1. The lowest BCUT2D eigenvalue weighted by molar-refractivity contribution is -0.121. The third-order valence-corrected chi connectivity index (χ3v) is 6.64. The molecule has 0 radical (unpaired) electrons. The summed E-state index contributed by atoms with van der Waals surface area (Å²) >= 11 is 1.70. The Hall–Kier alpha value is -2.93. The molecule has 0 spiro atoms. The Kier molecular flexibility index (Phi) is 5.72. The fourth-order valence-electron chi connectivity index (χ4n) is 3.71. The van der Waals surface area contributed by atoms with Gasteiger partial charge in [0.1, 0.15) is 17.9 Å². The Morgan fingerprint density at radius 1 is 1.13 bits per heavy atom. The van der Waals surface area contributed by atoms with Crippen molar-refractivity contribution >= 4 is 33.0 Å². The Morgan fingerprint density at radius 2 is 1.90 bits per heavy atom. The summed E-state index contributed by atoms with van der Waals surface area (Å²) in [6, 6.07) is 14.1. The van der Waals surface area contributed by atoms with Crippen LogP contribution < -0.4 is 10.9 Å². The summed E-state index contributed by atoms with van der Waals surface area (Å²) in [5.41, 5.74) is 2.54. The van der Waals surface area contributed by atoms with E-state index in [0.29, 0.717) is 18.5 Å². The molecule has 156 valence electrons. The van der Waals surface area contributed by atoms with Gasteiger partial charge in [-0.05, 0) is 30.0 Å². The molecule has 3 heterocycles. The van der Waals surface area contributed by atoms with E-state index in [1.807, 2.05) is 47.7 Å². The van der Waals surface area contributed by atoms with E-state index < -0.39 is 0 Å². The van der Waals surface area contributed by atoms with Gasteiger partial charge in [-0.15, -0.1) is 11.3 Å². The van der Waals surface area contributed by atoms with E-state index in [1.165, 1.54) is 15.1 Å². The van der Waals surface area contributed by atoms with Crippen molar-refractivity contribution in [2.24, 2.45) is 0 Å². The van der Waals surface area contributed by atoms with Gasteiger partial charge in [-0.1, -0.05) is 51.1 Å². The van der Waals surface area contributed by atoms with Gasteiger partial charge in [0.05, 0.1) is 10.2 Å². The third-order valence-electron chi connectivity index (χ3n) is 5.42. The number of aromatic nitrogens is 3. The summed E-state index contributed by atoms with van der Waals surface area (Å²) in [6.45, 7) is 6.64. The minimum absolute atomic E-state index is 0.0805. The molecular weight excluding hydrogens is 396 g/mol. The predicted molar refractivity (Wildman–Crippen MR) is 121 cm³/mol. The Morgan fingerprint density at radius 3 is 2.60 bits per heavy atom. The molecule has 0 saturated carbocycles. The van der Waals surface area contributed by atoms with Crippen LogP contribution in [0.2, 0.25) is 0 Å². The van der Waals surface area contributed by atoms with Gasteiger partial charge in [0.25, 0.3) is 5.56 Å². The fraction of sp³-hybridized carbons (Fsp3) is 0.348. The number of amides is 1. The lowest BCUT2D eigenvalue weighted by Crippen LogP contribution is -2.36. The Labute approximate surface area is 179 Å². The maximum absolute atomic E-state index is 13.0. The van der Waals surface area contributed by atoms with E-state index in [1.54, 1.807) is 11.3 Å². The first-order valence-electron chi connectivity index (χ1n) is 10.4. The van der Waals surface area contributed by atoms with E-state index in [-0.39, 0.29) is 23.9 Å². The molecule has 0 saturated heterocycles. The van der Waals surface area contributed by atoms with Crippen molar-refractivity contribution in [3.63, 3.8) is 0 Å². The van der Waals surface area contributed by atoms with Gasteiger partial charge in [0.2, 0.25) is 5.91 Å². The van der Waals surface area contributed by atoms with Crippen LogP contribution in [0.25, 0.3) is 15.7 Å². The van der Waals surface area contributed by atoms with Crippen molar-refractivity contribution in [1.82, 2.24) is 19.5 Å². The lowest BCUT2D eigenvalue weighted by atomic mass is 10.0. The normalized spacial score (nSPS) is 12.5. The highest BCUT2D eigenvalue weighted by molar-refractivity contribution is 7.19. The standard InChI is InChI=1S/C23H26N4O2S/c1-4-17-11-18-20(30-17)12-19-23(29)26(25-21(5-2)27(18)19)14-22(28)24-13-15(3)16-9-7-6-8-10-16/h6-12,15H,4-5,13-14H2,1-3H3,(H,24,28). The number of hydrogen-bond acceptors (Lipinski definition) is 4. The molecule has 1 atom stereocenters. The molecular formula is C23H26N4O2S. The van der Waals surface area contributed by atoms with Crippen molar-refractivity contribution in [3.8, 4) is 0 Å². The van der Waals surface area contributed by atoms with Gasteiger partial charge in [-0.3, -0.25) is 14.0 Å². The number of fused-ring (bicyclic) bond motifs is 3. The number of hydrogen-bond donors (Lipinski definition) is 1. The minimum atomic E-state index is -0.236. The van der Waals surface area contributed by atoms with Crippen LogP contribution in [-0.2, 0) is 24.2 Å². The van der Waals surface area contributed by atoms with Crippen molar-refractivity contribution in [2.75, 3.05) is 6.54 Å². The van der Waals surface area contributed by atoms with Crippen LogP contribution in [0.3, 0.4) is 0 Å². The Balaban J connectivity index is 1.57. The number of nitrogens with zero attached hydrogens (tertiary/aromatic N) is 3. The van der Waals surface area contributed by atoms with Gasteiger partial charge in [0, 0.05) is 17.8 Å². The summed E-state index contributed by atoms with van der Waals surface area (Å²) in [5.74, 6) is 0.768. The number of nitrogens with one attached hydrogen (secondary N) is 1. The number of benzene rings is 1. The highest BCUT2D eigenvalue weighted by Gasteiger charge is 2.17. The van der Waals surface area contributed by atoms with Gasteiger partial charge < -0.3 is 5.32 Å². The van der Waals surface area contributed by atoms with Gasteiger partial charge in [0.15, 0.2) is 0 Å². The van der Waals surface area contributed by atoms with Crippen molar-refractivity contribution in [3.05, 3.63) is 69.1 Å². The average molecular weight is 423 g/mol. The van der Waals surface area contributed by atoms with Gasteiger partial charge in [-0.25, -0.2) is 4.68 Å². The lowest BCUT2D eigenvalue weighted by Gasteiger charge is -2.14. The van der Waals surface area contributed by atoms with Crippen molar-refractivity contribution in [1.29, 1.82) is 0 Å². The summed E-state index contributed by atoms with van der Waals surface area (Å²) in [7, 11) is 0. The second kappa shape index (κ2) is 8.44. The first-order valence-corrected chi connectivity index (χ1v) is 11.2. The van der Waals surface area contributed by atoms with Crippen LogP contribution in [0, 0.1) is 0 Å². The molecule has 0 aliphatic heterocycles. The quantitative estimate of drug-likeness (QED) is 0.493. The molecule has 0 aliphatic carbocycles. The van der Waals surface area contributed by atoms with E-state index in [9.17, 15) is 9.59 Å². The molecule has 6 nitrogen and oxygen atoms in total. The molecule has 1 aromatic carbocycles. The number of aryl methyl sites for hydroxylation is 2. The molecule has 4 aromatic rings. The number of carbonyl (C=O) groups is 1. The summed E-state index contributed by atoms with van der Waals surface area (Å²) in [5, 5.41) is 7.45. The first kappa shape index (κ1) is 20.3. The van der Waals surface area contributed by atoms with Gasteiger partial charge in [-0.2, -0.15) is 5.10 Å². The van der Waals surface area contributed by atoms with Crippen LogP contribution in [-0.4, -0.2) is 26.6 Å². The third kappa shape index (κ3) is 3.77. The molecule has 7 heteroatoms. The molecule has 30 heavy (non-hydrogen) atoms. The van der Waals surface area contributed by atoms with Crippen LogP contribution >= 0.6 is 11.3 Å². The van der Waals surface area contributed by atoms with Crippen LogP contribution in [0.5, 0.6) is 0 Å². The first-order chi connectivity index (χ1) is 14.5. The zero-order valence-electron chi connectivity index (χ0n) is 17.5. The monoisotopic (exact) mass is 422 g/mol. The van der Waals surface area contributed by atoms with E-state index in [0.717, 1.165) is 22.5 Å². The smallest absolute Gasteiger partial charge is 0.291 e.